The molecular formula is C10H11N5O. The van der Waals surface area contributed by atoms with Crippen LogP contribution in [0, 0.1) is 6.92 Å². The van der Waals surface area contributed by atoms with Gasteiger partial charge in [0.2, 0.25) is 0 Å². The van der Waals surface area contributed by atoms with Gasteiger partial charge < -0.3 is 10.9 Å². The Hall–Kier alpha value is -2.37. The van der Waals surface area contributed by atoms with Crippen LogP contribution in [0.1, 0.15) is 11.5 Å². The average molecular weight is 217 g/mol. The molecule has 0 radical (unpaired) electrons. The molecule has 2 rings (SSSR count). The lowest BCUT2D eigenvalue weighted by atomic mass is 10.3. The summed E-state index contributed by atoms with van der Waals surface area (Å²) in [4.78, 5) is 8.35. The van der Waals surface area contributed by atoms with Gasteiger partial charge in [-0.15, -0.1) is 0 Å². The number of amidine groups is 1. The molecule has 0 saturated heterocycles. The molecule has 0 aliphatic carbocycles. The standard InChI is InChI=1S/C10H11N5O/c1-7-12-5-6-15(7)9-4-2-3-8(13-9)10(11)14-16/h2-6,16H,1H3,(H2,11,14). The number of pyridine rings is 1. The van der Waals surface area contributed by atoms with E-state index in [4.69, 9.17) is 10.9 Å². The van der Waals surface area contributed by atoms with Crippen LogP contribution in [-0.4, -0.2) is 25.6 Å². The monoisotopic (exact) mass is 217 g/mol. The van der Waals surface area contributed by atoms with Gasteiger partial charge in [0.1, 0.15) is 17.3 Å². The van der Waals surface area contributed by atoms with E-state index in [9.17, 15) is 0 Å². The fraction of sp³-hybridized carbons (Fsp3) is 0.100. The fourth-order valence-corrected chi connectivity index (χ4v) is 1.37. The summed E-state index contributed by atoms with van der Waals surface area (Å²) in [6.07, 6.45) is 3.49. The first-order valence-electron chi connectivity index (χ1n) is 4.67. The maximum Gasteiger partial charge on any atom is 0.188 e. The van der Waals surface area contributed by atoms with Crippen molar-refractivity contribution in [3.8, 4) is 5.82 Å². The van der Waals surface area contributed by atoms with E-state index in [1.165, 1.54) is 0 Å². The van der Waals surface area contributed by atoms with Crippen molar-refractivity contribution in [2.24, 2.45) is 10.9 Å². The minimum atomic E-state index is -0.0142. The van der Waals surface area contributed by atoms with Gasteiger partial charge in [0.05, 0.1) is 0 Å². The number of nitrogens with zero attached hydrogens (tertiary/aromatic N) is 4. The summed E-state index contributed by atoms with van der Waals surface area (Å²) in [5.74, 6) is 1.49. The Morgan fingerprint density at radius 1 is 1.50 bits per heavy atom. The number of rotatable bonds is 2. The molecule has 82 valence electrons. The molecule has 0 aliphatic rings. The van der Waals surface area contributed by atoms with Crippen LogP contribution < -0.4 is 5.73 Å². The number of nitrogens with two attached hydrogens (primary N) is 1. The van der Waals surface area contributed by atoms with E-state index < -0.39 is 0 Å². The maximum absolute atomic E-state index is 8.57. The third kappa shape index (κ3) is 1.72. The highest BCUT2D eigenvalue weighted by atomic mass is 16.4. The molecule has 2 aromatic rings. The molecule has 0 aliphatic heterocycles. The van der Waals surface area contributed by atoms with Crippen molar-refractivity contribution in [3.63, 3.8) is 0 Å². The lowest BCUT2D eigenvalue weighted by Gasteiger charge is -2.05. The average Bonchev–Trinajstić information content (AvgIpc) is 2.74. The number of aryl methyl sites for hydroxylation is 1. The summed E-state index contributed by atoms with van der Waals surface area (Å²) in [6, 6.07) is 5.28. The van der Waals surface area contributed by atoms with Gasteiger partial charge in [0.15, 0.2) is 5.84 Å². The van der Waals surface area contributed by atoms with Crippen molar-refractivity contribution >= 4 is 5.84 Å². The Balaban J connectivity index is 2.48. The molecule has 2 heterocycles. The van der Waals surface area contributed by atoms with Crippen LogP contribution in [0.15, 0.2) is 35.7 Å². The summed E-state index contributed by atoms with van der Waals surface area (Å²) in [5.41, 5.74) is 5.89. The third-order valence-corrected chi connectivity index (χ3v) is 2.18. The Morgan fingerprint density at radius 2 is 2.31 bits per heavy atom. The van der Waals surface area contributed by atoms with E-state index in [0.29, 0.717) is 11.5 Å². The van der Waals surface area contributed by atoms with Crippen LogP contribution in [0.4, 0.5) is 0 Å². The third-order valence-electron chi connectivity index (χ3n) is 2.18. The molecule has 16 heavy (non-hydrogen) atoms. The number of aromatic nitrogens is 3. The molecule has 0 atom stereocenters. The van der Waals surface area contributed by atoms with E-state index in [0.717, 1.165) is 5.82 Å². The predicted molar refractivity (Wildman–Crippen MR) is 58.6 cm³/mol. The van der Waals surface area contributed by atoms with Gasteiger partial charge >= 0.3 is 0 Å². The van der Waals surface area contributed by atoms with Crippen LogP contribution in [0.25, 0.3) is 5.82 Å². The van der Waals surface area contributed by atoms with Crippen LogP contribution in [0.3, 0.4) is 0 Å². The highest BCUT2D eigenvalue weighted by molar-refractivity contribution is 5.95. The predicted octanol–water partition coefficient (Wildman–Crippen LogP) is 0.670. The van der Waals surface area contributed by atoms with Gasteiger partial charge in [-0.2, -0.15) is 0 Å². The minimum absolute atomic E-state index is 0.0142. The molecule has 6 heteroatoms. The van der Waals surface area contributed by atoms with Gasteiger partial charge in [-0.25, -0.2) is 9.97 Å². The van der Waals surface area contributed by atoms with Crippen molar-refractivity contribution in [2.45, 2.75) is 6.92 Å². The lowest BCUT2D eigenvalue weighted by Crippen LogP contribution is -2.16. The van der Waals surface area contributed by atoms with Crippen LogP contribution in [0.5, 0.6) is 0 Å². The largest absolute Gasteiger partial charge is 0.409 e. The zero-order valence-electron chi connectivity index (χ0n) is 8.70. The first kappa shape index (κ1) is 10.2. The van der Waals surface area contributed by atoms with Crippen LogP contribution >= 0.6 is 0 Å². The molecule has 0 fully saturated rings. The van der Waals surface area contributed by atoms with E-state index >= 15 is 0 Å². The van der Waals surface area contributed by atoms with Gasteiger partial charge in [-0.05, 0) is 19.1 Å². The Morgan fingerprint density at radius 3 is 2.94 bits per heavy atom. The van der Waals surface area contributed by atoms with E-state index in [1.807, 2.05) is 17.6 Å². The molecule has 0 spiro atoms. The SMILES string of the molecule is Cc1nccn1-c1cccc(C(N)=NO)n1. The topological polar surface area (TPSA) is 89.3 Å². The Kier molecular flexibility index (Phi) is 2.55. The number of hydrogen-bond acceptors (Lipinski definition) is 4. The lowest BCUT2D eigenvalue weighted by molar-refractivity contribution is 0.318. The normalized spacial score (nSPS) is 11.7. The second-order valence-electron chi connectivity index (χ2n) is 3.21. The van der Waals surface area contributed by atoms with Crippen molar-refractivity contribution in [1.82, 2.24) is 14.5 Å². The van der Waals surface area contributed by atoms with E-state index in [1.54, 1.807) is 24.5 Å². The zero-order valence-corrected chi connectivity index (χ0v) is 8.70. The second-order valence-corrected chi connectivity index (χ2v) is 3.21. The number of hydrogen-bond donors (Lipinski definition) is 2. The fourth-order valence-electron chi connectivity index (χ4n) is 1.37. The minimum Gasteiger partial charge on any atom is -0.409 e. The molecule has 6 nitrogen and oxygen atoms in total. The molecule has 0 aromatic carbocycles. The molecular weight excluding hydrogens is 206 g/mol. The first-order valence-corrected chi connectivity index (χ1v) is 4.67. The maximum atomic E-state index is 8.57. The van der Waals surface area contributed by atoms with Crippen molar-refractivity contribution in [3.05, 3.63) is 42.1 Å². The second kappa shape index (κ2) is 4.01. The summed E-state index contributed by atoms with van der Waals surface area (Å²) in [6.45, 7) is 1.87. The van der Waals surface area contributed by atoms with Crippen molar-refractivity contribution < 1.29 is 5.21 Å². The Labute approximate surface area is 92.1 Å². The highest BCUT2D eigenvalue weighted by Crippen LogP contribution is 2.08. The highest BCUT2D eigenvalue weighted by Gasteiger charge is 2.05. The summed E-state index contributed by atoms with van der Waals surface area (Å²) in [5, 5.41) is 11.5. The van der Waals surface area contributed by atoms with Crippen molar-refractivity contribution in [2.75, 3.05) is 0 Å². The first-order chi connectivity index (χ1) is 7.72. The molecule has 0 bridgehead atoms. The number of imidazole rings is 1. The quantitative estimate of drug-likeness (QED) is 0.335. The molecule has 0 unspecified atom stereocenters. The summed E-state index contributed by atoms with van der Waals surface area (Å²) < 4.78 is 1.81. The molecule has 0 saturated carbocycles. The van der Waals surface area contributed by atoms with Crippen molar-refractivity contribution in [1.29, 1.82) is 0 Å². The van der Waals surface area contributed by atoms with Gasteiger partial charge in [0.25, 0.3) is 0 Å². The molecule has 3 N–H and O–H groups in total. The summed E-state index contributed by atoms with van der Waals surface area (Å²) >= 11 is 0. The van der Waals surface area contributed by atoms with Crippen LogP contribution in [-0.2, 0) is 0 Å². The van der Waals surface area contributed by atoms with Gasteiger partial charge in [0, 0.05) is 12.4 Å². The van der Waals surface area contributed by atoms with Crippen LogP contribution in [0.2, 0.25) is 0 Å². The van der Waals surface area contributed by atoms with E-state index in [-0.39, 0.29) is 5.84 Å². The van der Waals surface area contributed by atoms with E-state index in [2.05, 4.69) is 15.1 Å². The molecule has 2 aromatic heterocycles. The van der Waals surface area contributed by atoms with Gasteiger partial charge in [-0.3, -0.25) is 4.57 Å². The number of oxime groups is 1. The zero-order chi connectivity index (χ0) is 11.5. The summed E-state index contributed by atoms with van der Waals surface area (Å²) in [7, 11) is 0. The molecule has 0 amide bonds. The Bertz CT molecular complexity index is 532. The smallest absolute Gasteiger partial charge is 0.188 e. The van der Waals surface area contributed by atoms with Gasteiger partial charge in [-0.1, -0.05) is 11.2 Å².